The Morgan fingerprint density at radius 3 is 1.50 bits per heavy atom. The molecule has 0 aromatic heterocycles. The maximum atomic E-state index is 9.87. The number of hydrogen-bond donors (Lipinski definition) is 0. The molecule has 2 aromatic rings. The van der Waals surface area contributed by atoms with Gasteiger partial charge in [-0.05, 0) is 12.1 Å². The third-order valence-electron chi connectivity index (χ3n) is 2.37. The van der Waals surface area contributed by atoms with Gasteiger partial charge in [-0.3, -0.25) is 0 Å². The fourth-order valence-corrected chi connectivity index (χ4v) is 3.04. The van der Waals surface area contributed by atoms with E-state index < -0.39 is 7.81 Å². The SMILES string of the molecule is C[S+](Cc1ccccc1)c1ccccc1.F[P-](F)(F)(F)(F)F. The zero-order valence-electron chi connectivity index (χ0n) is 11.6. The minimum absolute atomic E-state index is 0.316. The molecule has 0 fully saturated rings. The van der Waals surface area contributed by atoms with Crippen LogP contribution < -0.4 is 0 Å². The van der Waals surface area contributed by atoms with E-state index in [1.807, 2.05) is 0 Å². The van der Waals surface area contributed by atoms with Crippen molar-refractivity contribution in [3.8, 4) is 0 Å². The molecule has 0 bridgehead atoms. The molecule has 0 aliphatic carbocycles. The van der Waals surface area contributed by atoms with Gasteiger partial charge in [-0.1, -0.05) is 48.5 Å². The molecule has 0 saturated heterocycles. The molecular formula is C14H15F6PS. The fourth-order valence-electron chi connectivity index (χ4n) is 1.56. The summed E-state index contributed by atoms with van der Waals surface area (Å²) in [7, 11) is -10.3. The Kier molecular flexibility index (Phi) is 5.25. The van der Waals surface area contributed by atoms with Crippen molar-refractivity contribution in [2.45, 2.75) is 10.6 Å². The Morgan fingerprint density at radius 1 is 0.727 bits per heavy atom. The van der Waals surface area contributed by atoms with E-state index in [-0.39, 0.29) is 0 Å². The van der Waals surface area contributed by atoms with Gasteiger partial charge in [0.1, 0.15) is 12.0 Å². The van der Waals surface area contributed by atoms with E-state index in [4.69, 9.17) is 0 Å². The quantitative estimate of drug-likeness (QED) is 0.318. The van der Waals surface area contributed by atoms with Crippen molar-refractivity contribution in [1.29, 1.82) is 0 Å². The Bertz CT molecular complexity index is 571. The molecule has 0 aliphatic rings. The maximum absolute atomic E-state index is 10.7. The first-order valence-corrected chi connectivity index (χ1v) is 9.92. The minimum atomic E-state index is -10.7. The van der Waals surface area contributed by atoms with Crippen LogP contribution in [0.15, 0.2) is 65.6 Å². The first-order chi connectivity index (χ1) is 9.81. The number of rotatable bonds is 3. The van der Waals surface area contributed by atoms with E-state index in [0.717, 1.165) is 5.75 Å². The van der Waals surface area contributed by atoms with Crippen LogP contribution in [0, 0.1) is 0 Å². The van der Waals surface area contributed by atoms with E-state index in [0.29, 0.717) is 10.9 Å². The predicted molar refractivity (Wildman–Crippen MR) is 81.7 cm³/mol. The molecule has 1 atom stereocenters. The molecule has 0 saturated carbocycles. The second-order valence-corrected chi connectivity index (χ2v) is 8.49. The van der Waals surface area contributed by atoms with E-state index in [9.17, 15) is 25.2 Å². The average Bonchev–Trinajstić information content (AvgIpc) is 2.37. The van der Waals surface area contributed by atoms with Crippen molar-refractivity contribution in [2.75, 3.05) is 6.26 Å². The van der Waals surface area contributed by atoms with E-state index >= 15 is 0 Å². The van der Waals surface area contributed by atoms with Crippen LogP contribution in [0.3, 0.4) is 0 Å². The van der Waals surface area contributed by atoms with Gasteiger partial charge in [0.05, 0.1) is 0 Å². The van der Waals surface area contributed by atoms with Crippen LogP contribution in [-0.2, 0) is 16.6 Å². The Labute approximate surface area is 127 Å². The summed E-state index contributed by atoms with van der Waals surface area (Å²) in [4.78, 5) is 1.45. The monoisotopic (exact) mass is 360 g/mol. The molecule has 0 spiro atoms. The standard InChI is InChI=1S/C14H15S.F6P/c1-15(14-10-6-3-7-11-14)12-13-8-4-2-5-9-13;1-7(2,3,4,5)6/h2-11H,12H2,1H3;/q+1;-1. The molecular weight excluding hydrogens is 345 g/mol. The summed E-state index contributed by atoms with van der Waals surface area (Å²) in [6.45, 7) is 0. The fraction of sp³-hybridized carbons (Fsp3) is 0.143. The molecule has 2 aromatic carbocycles. The van der Waals surface area contributed by atoms with Crippen molar-refractivity contribution in [1.82, 2.24) is 0 Å². The first-order valence-electron chi connectivity index (χ1n) is 6.09. The summed E-state index contributed by atoms with van der Waals surface area (Å²) < 4.78 is 59.2. The number of hydrogen-bond acceptors (Lipinski definition) is 0. The molecule has 0 amide bonds. The van der Waals surface area contributed by atoms with Gasteiger partial charge in [-0.15, -0.1) is 0 Å². The van der Waals surface area contributed by atoms with E-state index in [2.05, 4.69) is 66.9 Å². The van der Waals surface area contributed by atoms with Crippen LogP contribution in [0.2, 0.25) is 0 Å². The molecule has 0 aliphatic heterocycles. The van der Waals surface area contributed by atoms with Crippen molar-refractivity contribution < 1.29 is 25.2 Å². The van der Waals surface area contributed by atoms with Gasteiger partial charge in [-0.2, -0.15) is 0 Å². The number of halogens is 6. The third-order valence-corrected chi connectivity index (χ3v) is 4.21. The molecule has 0 nitrogen and oxygen atoms in total. The van der Waals surface area contributed by atoms with Crippen LogP contribution >= 0.6 is 7.81 Å². The molecule has 0 heterocycles. The first kappa shape index (κ1) is 18.8. The summed E-state index contributed by atoms with van der Waals surface area (Å²) in [5, 5.41) is 0. The van der Waals surface area contributed by atoms with Crippen molar-refractivity contribution in [3.63, 3.8) is 0 Å². The van der Waals surface area contributed by atoms with Crippen LogP contribution in [0.4, 0.5) is 25.2 Å². The van der Waals surface area contributed by atoms with Crippen LogP contribution in [-0.4, -0.2) is 6.26 Å². The van der Waals surface area contributed by atoms with E-state index in [1.165, 1.54) is 10.5 Å². The van der Waals surface area contributed by atoms with Gasteiger partial charge in [-0.25, -0.2) is 0 Å². The molecule has 0 N–H and O–H groups in total. The van der Waals surface area contributed by atoms with Gasteiger partial charge in [0, 0.05) is 16.5 Å². The predicted octanol–water partition coefficient (Wildman–Crippen LogP) is 6.88. The third kappa shape index (κ3) is 11.5. The summed E-state index contributed by atoms with van der Waals surface area (Å²) in [5.41, 5.74) is 1.42. The molecule has 2 rings (SSSR count). The van der Waals surface area contributed by atoms with Gasteiger partial charge < -0.3 is 0 Å². The van der Waals surface area contributed by atoms with Crippen molar-refractivity contribution in [3.05, 3.63) is 66.2 Å². The molecule has 8 heteroatoms. The van der Waals surface area contributed by atoms with Crippen LogP contribution in [0.1, 0.15) is 5.56 Å². The Balaban J connectivity index is 0.000000295. The Hall–Kier alpha value is -1.20. The summed E-state index contributed by atoms with van der Waals surface area (Å²) in [6, 6.07) is 21.4. The molecule has 0 radical (unpaired) electrons. The van der Waals surface area contributed by atoms with Gasteiger partial charge in [0.15, 0.2) is 4.90 Å². The van der Waals surface area contributed by atoms with E-state index in [1.54, 1.807) is 0 Å². The van der Waals surface area contributed by atoms with Gasteiger partial charge in [0.2, 0.25) is 0 Å². The zero-order chi connectivity index (χ0) is 16.9. The zero-order valence-corrected chi connectivity index (χ0v) is 13.3. The summed E-state index contributed by atoms with van der Waals surface area (Å²) in [5.74, 6) is 1.14. The topological polar surface area (TPSA) is 0 Å². The van der Waals surface area contributed by atoms with Crippen molar-refractivity contribution >= 4 is 18.7 Å². The van der Waals surface area contributed by atoms with Crippen LogP contribution in [0.25, 0.3) is 0 Å². The molecule has 124 valence electrons. The number of benzene rings is 2. The molecule has 22 heavy (non-hydrogen) atoms. The Morgan fingerprint density at radius 2 is 1.09 bits per heavy atom. The molecule has 1 unspecified atom stereocenters. The normalized spacial score (nSPS) is 15.8. The van der Waals surface area contributed by atoms with Gasteiger partial charge >= 0.3 is 33.0 Å². The average molecular weight is 360 g/mol. The van der Waals surface area contributed by atoms with Crippen molar-refractivity contribution in [2.24, 2.45) is 0 Å². The second kappa shape index (κ2) is 6.13. The van der Waals surface area contributed by atoms with Gasteiger partial charge in [0.25, 0.3) is 0 Å². The summed E-state index contributed by atoms with van der Waals surface area (Å²) >= 11 is 0. The second-order valence-electron chi connectivity index (χ2n) is 4.54. The summed E-state index contributed by atoms with van der Waals surface area (Å²) in [6.07, 6.45) is 2.31. The van der Waals surface area contributed by atoms with Crippen LogP contribution in [0.5, 0.6) is 0 Å².